The van der Waals surface area contributed by atoms with E-state index >= 15 is 0 Å². The average Bonchev–Trinajstić information content (AvgIpc) is 2.84. The molecule has 3 aromatic rings. The number of benzene rings is 2. The van der Waals surface area contributed by atoms with Gasteiger partial charge >= 0.3 is 5.97 Å². The number of hydrogen-bond donors (Lipinski definition) is 1. The zero-order valence-electron chi connectivity index (χ0n) is 12.5. The Kier molecular flexibility index (Phi) is 3.92. The van der Waals surface area contributed by atoms with Crippen LogP contribution in [0.2, 0.25) is 0 Å². The molecule has 22 heavy (non-hydrogen) atoms. The minimum Gasteiger partial charge on any atom is -0.481 e. The largest absolute Gasteiger partial charge is 0.481 e. The summed E-state index contributed by atoms with van der Waals surface area (Å²) in [7, 11) is 0. The van der Waals surface area contributed by atoms with Crippen molar-refractivity contribution in [2.45, 2.75) is 26.3 Å². The monoisotopic (exact) mass is 294 g/mol. The van der Waals surface area contributed by atoms with Crippen molar-refractivity contribution >= 4 is 17.0 Å². The standard InChI is InChI=1S/C18H18N2O2/c1-2-13-8-9-16-15(10-13)19-17(11-18(21)22)20(16)12-14-6-4-3-5-7-14/h3-10H,2,11-12H2,1H3,(H,21,22). The zero-order chi connectivity index (χ0) is 15.5. The van der Waals surface area contributed by atoms with Gasteiger partial charge in [0.15, 0.2) is 0 Å². The Morgan fingerprint density at radius 2 is 1.91 bits per heavy atom. The smallest absolute Gasteiger partial charge is 0.311 e. The van der Waals surface area contributed by atoms with E-state index in [2.05, 4.69) is 18.0 Å². The fraction of sp³-hybridized carbons (Fsp3) is 0.222. The Morgan fingerprint density at radius 1 is 1.14 bits per heavy atom. The molecule has 3 rings (SSSR count). The van der Waals surface area contributed by atoms with Crippen LogP contribution in [0.1, 0.15) is 23.9 Å². The first kappa shape index (κ1) is 14.3. The molecular weight excluding hydrogens is 276 g/mol. The van der Waals surface area contributed by atoms with Crippen molar-refractivity contribution in [3.8, 4) is 0 Å². The van der Waals surface area contributed by atoms with Crippen molar-refractivity contribution in [3.05, 3.63) is 65.5 Å². The molecule has 0 unspecified atom stereocenters. The highest BCUT2D eigenvalue weighted by Gasteiger charge is 2.14. The molecule has 0 aliphatic rings. The third-order valence-corrected chi connectivity index (χ3v) is 3.79. The fourth-order valence-corrected chi connectivity index (χ4v) is 2.66. The van der Waals surface area contributed by atoms with Gasteiger partial charge in [0, 0.05) is 6.54 Å². The summed E-state index contributed by atoms with van der Waals surface area (Å²) < 4.78 is 2.00. The number of aromatic nitrogens is 2. The van der Waals surface area contributed by atoms with Crippen LogP contribution in [0.3, 0.4) is 0 Å². The highest BCUT2D eigenvalue weighted by Crippen LogP contribution is 2.20. The van der Waals surface area contributed by atoms with Crippen LogP contribution in [0.4, 0.5) is 0 Å². The van der Waals surface area contributed by atoms with Gasteiger partial charge in [0.2, 0.25) is 0 Å². The van der Waals surface area contributed by atoms with Gasteiger partial charge in [-0.25, -0.2) is 4.98 Å². The zero-order valence-corrected chi connectivity index (χ0v) is 12.5. The summed E-state index contributed by atoms with van der Waals surface area (Å²) in [4.78, 5) is 15.7. The Bertz CT molecular complexity index is 807. The summed E-state index contributed by atoms with van der Waals surface area (Å²) in [5, 5.41) is 9.13. The number of imidazole rings is 1. The van der Waals surface area contributed by atoms with Crippen LogP contribution in [-0.2, 0) is 24.2 Å². The molecule has 112 valence electrons. The van der Waals surface area contributed by atoms with Gasteiger partial charge in [-0.2, -0.15) is 0 Å². The molecule has 0 saturated heterocycles. The number of carboxylic acids is 1. The van der Waals surface area contributed by atoms with Gasteiger partial charge in [-0.3, -0.25) is 4.79 Å². The highest BCUT2D eigenvalue weighted by molar-refractivity contribution is 5.79. The Labute approximate surface area is 129 Å². The molecule has 4 heteroatoms. The molecule has 0 saturated carbocycles. The van der Waals surface area contributed by atoms with Crippen molar-refractivity contribution < 1.29 is 9.90 Å². The van der Waals surface area contributed by atoms with Gasteiger partial charge in [-0.15, -0.1) is 0 Å². The molecule has 0 bridgehead atoms. The van der Waals surface area contributed by atoms with E-state index in [0.29, 0.717) is 12.4 Å². The number of aliphatic carboxylic acids is 1. The van der Waals surface area contributed by atoms with E-state index in [4.69, 9.17) is 5.11 Å². The van der Waals surface area contributed by atoms with E-state index in [1.165, 1.54) is 5.56 Å². The summed E-state index contributed by atoms with van der Waals surface area (Å²) in [6.45, 7) is 2.73. The van der Waals surface area contributed by atoms with Gasteiger partial charge < -0.3 is 9.67 Å². The summed E-state index contributed by atoms with van der Waals surface area (Å²) in [5.74, 6) is -0.264. The van der Waals surface area contributed by atoms with Crippen molar-refractivity contribution in [2.24, 2.45) is 0 Å². The molecule has 0 fully saturated rings. The van der Waals surface area contributed by atoms with E-state index in [0.717, 1.165) is 23.0 Å². The number of fused-ring (bicyclic) bond motifs is 1. The molecule has 0 amide bonds. The van der Waals surface area contributed by atoms with Gasteiger partial charge in [-0.1, -0.05) is 43.3 Å². The predicted molar refractivity (Wildman–Crippen MR) is 86.0 cm³/mol. The van der Waals surface area contributed by atoms with Crippen LogP contribution in [-0.4, -0.2) is 20.6 Å². The minimum absolute atomic E-state index is 0.0665. The Hall–Kier alpha value is -2.62. The molecule has 0 spiro atoms. The number of aryl methyl sites for hydroxylation is 1. The number of nitrogens with zero attached hydrogens (tertiary/aromatic N) is 2. The third-order valence-electron chi connectivity index (χ3n) is 3.79. The quantitative estimate of drug-likeness (QED) is 0.785. The van der Waals surface area contributed by atoms with Crippen LogP contribution >= 0.6 is 0 Å². The van der Waals surface area contributed by atoms with Gasteiger partial charge in [-0.05, 0) is 29.7 Å². The van der Waals surface area contributed by atoms with Crippen LogP contribution in [0, 0.1) is 0 Å². The lowest BCUT2D eigenvalue weighted by atomic mass is 10.1. The normalized spacial score (nSPS) is 11.0. The first-order chi connectivity index (χ1) is 10.7. The summed E-state index contributed by atoms with van der Waals surface area (Å²) in [5.41, 5.74) is 4.19. The predicted octanol–water partition coefficient (Wildman–Crippen LogP) is 3.27. The third kappa shape index (κ3) is 2.86. The van der Waals surface area contributed by atoms with Crippen molar-refractivity contribution in [2.75, 3.05) is 0 Å². The second-order valence-corrected chi connectivity index (χ2v) is 5.35. The molecule has 2 aromatic carbocycles. The fourth-order valence-electron chi connectivity index (χ4n) is 2.66. The minimum atomic E-state index is -0.861. The first-order valence-electron chi connectivity index (χ1n) is 7.41. The maximum atomic E-state index is 11.1. The molecule has 1 N–H and O–H groups in total. The molecular formula is C18H18N2O2. The van der Waals surface area contributed by atoms with E-state index in [-0.39, 0.29) is 6.42 Å². The SMILES string of the molecule is CCc1ccc2c(c1)nc(CC(=O)O)n2Cc1ccccc1. The molecule has 4 nitrogen and oxygen atoms in total. The van der Waals surface area contributed by atoms with E-state index in [9.17, 15) is 4.79 Å². The molecule has 0 aliphatic carbocycles. The topological polar surface area (TPSA) is 55.1 Å². The summed E-state index contributed by atoms with van der Waals surface area (Å²) in [6.07, 6.45) is 0.874. The lowest BCUT2D eigenvalue weighted by Crippen LogP contribution is -2.10. The molecule has 1 aromatic heterocycles. The number of rotatable bonds is 5. The lowest BCUT2D eigenvalue weighted by Gasteiger charge is -2.08. The van der Waals surface area contributed by atoms with Crippen LogP contribution in [0.15, 0.2) is 48.5 Å². The molecule has 0 aliphatic heterocycles. The van der Waals surface area contributed by atoms with Crippen molar-refractivity contribution in [3.63, 3.8) is 0 Å². The van der Waals surface area contributed by atoms with Gasteiger partial charge in [0.05, 0.1) is 11.0 Å². The Balaban J connectivity index is 2.09. The Morgan fingerprint density at radius 3 is 2.59 bits per heavy atom. The molecule has 0 radical (unpaired) electrons. The molecule has 1 heterocycles. The van der Waals surface area contributed by atoms with Crippen LogP contribution in [0.5, 0.6) is 0 Å². The van der Waals surface area contributed by atoms with Crippen molar-refractivity contribution in [1.82, 2.24) is 9.55 Å². The van der Waals surface area contributed by atoms with Crippen molar-refractivity contribution in [1.29, 1.82) is 0 Å². The number of carbonyl (C=O) groups is 1. The van der Waals surface area contributed by atoms with E-state index < -0.39 is 5.97 Å². The second-order valence-electron chi connectivity index (χ2n) is 5.35. The first-order valence-corrected chi connectivity index (χ1v) is 7.41. The maximum Gasteiger partial charge on any atom is 0.311 e. The van der Waals surface area contributed by atoms with Crippen LogP contribution < -0.4 is 0 Å². The average molecular weight is 294 g/mol. The highest BCUT2D eigenvalue weighted by atomic mass is 16.4. The van der Waals surface area contributed by atoms with E-state index in [1.807, 2.05) is 47.0 Å². The number of hydrogen-bond acceptors (Lipinski definition) is 2. The molecule has 0 atom stereocenters. The van der Waals surface area contributed by atoms with Crippen LogP contribution in [0.25, 0.3) is 11.0 Å². The number of carboxylic acid groups (broad SMARTS) is 1. The van der Waals surface area contributed by atoms with Gasteiger partial charge in [0.25, 0.3) is 0 Å². The second kappa shape index (κ2) is 6.02. The summed E-state index contributed by atoms with van der Waals surface area (Å²) in [6, 6.07) is 16.2. The van der Waals surface area contributed by atoms with Gasteiger partial charge in [0.1, 0.15) is 12.2 Å². The summed E-state index contributed by atoms with van der Waals surface area (Å²) >= 11 is 0. The maximum absolute atomic E-state index is 11.1. The van der Waals surface area contributed by atoms with E-state index in [1.54, 1.807) is 0 Å². The lowest BCUT2D eigenvalue weighted by molar-refractivity contribution is -0.136.